The van der Waals surface area contributed by atoms with E-state index in [0.29, 0.717) is 17.5 Å². The molecule has 0 saturated heterocycles. The van der Waals surface area contributed by atoms with Crippen molar-refractivity contribution >= 4 is 5.91 Å². The van der Waals surface area contributed by atoms with Crippen LogP contribution in [0.25, 0.3) is 22.8 Å². The van der Waals surface area contributed by atoms with Gasteiger partial charge < -0.3 is 14.6 Å². The number of amides is 1. The summed E-state index contributed by atoms with van der Waals surface area (Å²) < 4.78 is 10.9. The van der Waals surface area contributed by atoms with E-state index in [1.807, 2.05) is 67.6 Å². The summed E-state index contributed by atoms with van der Waals surface area (Å²) in [5.74, 6) is 1.30. The SMILES string of the molecule is C[C@H](NC(=O)COc1ccc(-c2nc(-c3ccccc3)no2)cc1)c1ccccn1. The Labute approximate surface area is 173 Å². The molecule has 0 fully saturated rings. The topological polar surface area (TPSA) is 90.1 Å². The zero-order valence-electron chi connectivity index (χ0n) is 16.4. The molecule has 7 nitrogen and oxygen atoms in total. The average molecular weight is 400 g/mol. The Morgan fingerprint density at radius 2 is 1.77 bits per heavy atom. The standard InChI is InChI=1S/C23H20N4O3/c1-16(20-9-5-6-14-24-20)25-21(28)15-29-19-12-10-18(11-13-19)23-26-22(27-30-23)17-7-3-2-4-8-17/h2-14,16H,15H2,1H3,(H,25,28)/t16-/m0/s1. The first kappa shape index (κ1) is 19.3. The molecule has 0 aliphatic carbocycles. The van der Waals surface area contributed by atoms with Crippen LogP contribution in [0.3, 0.4) is 0 Å². The first-order valence-electron chi connectivity index (χ1n) is 9.52. The third-order valence-electron chi connectivity index (χ3n) is 4.44. The van der Waals surface area contributed by atoms with Gasteiger partial charge in [0.15, 0.2) is 6.61 Å². The molecule has 4 aromatic rings. The molecule has 150 valence electrons. The minimum atomic E-state index is -0.221. The zero-order valence-corrected chi connectivity index (χ0v) is 16.4. The van der Waals surface area contributed by atoms with E-state index in [4.69, 9.17) is 9.26 Å². The average Bonchev–Trinajstić information content (AvgIpc) is 3.29. The molecule has 0 aliphatic rings. The number of benzene rings is 2. The van der Waals surface area contributed by atoms with E-state index in [9.17, 15) is 4.79 Å². The van der Waals surface area contributed by atoms with Gasteiger partial charge in [-0.2, -0.15) is 4.98 Å². The van der Waals surface area contributed by atoms with E-state index in [-0.39, 0.29) is 18.6 Å². The molecule has 30 heavy (non-hydrogen) atoms. The number of nitrogens with zero attached hydrogens (tertiary/aromatic N) is 3. The van der Waals surface area contributed by atoms with Crippen molar-refractivity contribution in [3.05, 3.63) is 84.7 Å². The highest BCUT2D eigenvalue weighted by atomic mass is 16.5. The second-order valence-corrected chi connectivity index (χ2v) is 6.65. The van der Waals surface area contributed by atoms with Gasteiger partial charge >= 0.3 is 0 Å². The van der Waals surface area contributed by atoms with Crippen molar-refractivity contribution in [3.63, 3.8) is 0 Å². The van der Waals surface area contributed by atoms with Crippen LogP contribution in [0.2, 0.25) is 0 Å². The van der Waals surface area contributed by atoms with Crippen LogP contribution >= 0.6 is 0 Å². The monoisotopic (exact) mass is 400 g/mol. The highest BCUT2D eigenvalue weighted by Gasteiger charge is 2.12. The van der Waals surface area contributed by atoms with E-state index in [1.54, 1.807) is 18.3 Å². The van der Waals surface area contributed by atoms with Crippen LogP contribution in [0.15, 0.2) is 83.5 Å². The van der Waals surface area contributed by atoms with Crippen LogP contribution in [0.4, 0.5) is 0 Å². The van der Waals surface area contributed by atoms with Crippen molar-refractivity contribution in [1.29, 1.82) is 0 Å². The minimum absolute atomic E-state index is 0.0881. The number of carbonyl (C=O) groups excluding carboxylic acids is 1. The van der Waals surface area contributed by atoms with Gasteiger partial charge in [-0.15, -0.1) is 0 Å². The highest BCUT2D eigenvalue weighted by Crippen LogP contribution is 2.24. The van der Waals surface area contributed by atoms with Gasteiger partial charge in [0.1, 0.15) is 5.75 Å². The lowest BCUT2D eigenvalue weighted by Crippen LogP contribution is -2.31. The predicted octanol–water partition coefficient (Wildman–Crippen LogP) is 4.05. The summed E-state index contributed by atoms with van der Waals surface area (Å²) in [6.45, 7) is 1.79. The largest absolute Gasteiger partial charge is 0.484 e. The van der Waals surface area contributed by atoms with Crippen LogP contribution in [-0.2, 0) is 4.79 Å². The molecular formula is C23H20N4O3. The van der Waals surface area contributed by atoms with Gasteiger partial charge in [0.2, 0.25) is 5.82 Å². The van der Waals surface area contributed by atoms with Crippen molar-refractivity contribution in [2.45, 2.75) is 13.0 Å². The molecule has 0 saturated carbocycles. The molecular weight excluding hydrogens is 380 g/mol. The van der Waals surface area contributed by atoms with Gasteiger partial charge in [0, 0.05) is 17.3 Å². The number of ether oxygens (including phenoxy) is 1. The molecule has 7 heteroatoms. The van der Waals surface area contributed by atoms with E-state index in [1.165, 1.54) is 0 Å². The number of aromatic nitrogens is 3. The zero-order chi connectivity index (χ0) is 20.8. The van der Waals surface area contributed by atoms with Crippen molar-refractivity contribution in [1.82, 2.24) is 20.4 Å². The Bertz CT molecular complexity index is 1100. The summed E-state index contributed by atoms with van der Waals surface area (Å²) in [5.41, 5.74) is 2.45. The summed E-state index contributed by atoms with van der Waals surface area (Å²) in [4.78, 5) is 20.8. The van der Waals surface area contributed by atoms with E-state index < -0.39 is 0 Å². The summed E-state index contributed by atoms with van der Waals surface area (Å²) in [6, 6.07) is 22.2. The molecule has 0 bridgehead atoms. The smallest absolute Gasteiger partial charge is 0.258 e. The molecule has 2 aromatic heterocycles. The first-order valence-corrected chi connectivity index (χ1v) is 9.52. The Balaban J connectivity index is 1.33. The maximum Gasteiger partial charge on any atom is 0.258 e. The fraction of sp³-hybridized carbons (Fsp3) is 0.130. The molecule has 2 aromatic carbocycles. The fourth-order valence-corrected chi connectivity index (χ4v) is 2.88. The van der Waals surface area contributed by atoms with Gasteiger partial charge in [-0.1, -0.05) is 41.6 Å². The molecule has 0 aliphatic heterocycles. The van der Waals surface area contributed by atoms with Crippen molar-refractivity contribution in [2.75, 3.05) is 6.61 Å². The summed E-state index contributed by atoms with van der Waals surface area (Å²) in [6.07, 6.45) is 1.70. The van der Waals surface area contributed by atoms with Crippen LogP contribution in [0.1, 0.15) is 18.7 Å². The Morgan fingerprint density at radius 3 is 2.50 bits per heavy atom. The lowest BCUT2D eigenvalue weighted by molar-refractivity contribution is -0.123. The van der Waals surface area contributed by atoms with Gasteiger partial charge in [-0.05, 0) is 43.3 Å². The quantitative estimate of drug-likeness (QED) is 0.503. The molecule has 1 amide bonds. The summed E-state index contributed by atoms with van der Waals surface area (Å²) >= 11 is 0. The van der Waals surface area contributed by atoms with Crippen LogP contribution in [0, 0.1) is 0 Å². The van der Waals surface area contributed by atoms with Gasteiger partial charge in [-0.25, -0.2) is 0 Å². The molecule has 2 heterocycles. The molecule has 1 atom stereocenters. The Hall–Kier alpha value is -4.00. The number of pyridine rings is 1. The van der Waals surface area contributed by atoms with Gasteiger partial charge in [-0.3, -0.25) is 9.78 Å². The Morgan fingerprint density at radius 1 is 1.00 bits per heavy atom. The molecule has 0 unspecified atom stereocenters. The van der Waals surface area contributed by atoms with Crippen LogP contribution < -0.4 is 10.1 Å². The number of nitrogens with one attached hydrogen (secondary N) is 1. The van der Waals surface area contributed by atoms with Crippen molar-refractivity contribution in [3.8, 4) is 28.6 Å². The molecule has 1 N–H and O–H groups in total. The predicted molar refractivity (Wildman–Crippen MR) is 111 cm³/mol. The van der Waals surface area contributed by atoms with Crippen molar-refractivity contribution in [2.24, 2.45) is 0 Å². The van der Waals surface area contributed by atoms with E-state index in [2.05, 4.69) is 20.4 Å². The first-order chi connectivity index (χ1) is 14.7. The van der Waals surface area contributed by atoms with Crippen LogP contribution in [0.5, 0.6) is 5.75 Å². The van der Waals surface area contributed by atoms with Crippen molar-refractivity contribution < 1.29 is 14.1 Å². The number of hydrogen-bond acceptors (Lipinski definition) is 6. The highest BCUT2D eigenvalue weighted by molar-refractivity contribution is 5.78. The third kappa shape index (κ3) is 4.70. The summed E-state index contributed by atoms with van der Waals surface area (Å²) in [7, 11) is 0. The molecule has 4 rings (SSSR count). The van der Waals surface area contributed by atoms with E-state index >= 15 is 0 Å². The summed E-state index contributed by atoms with van der Waals surface area (Å²) in [5, 5.41) is 6.88. The minimum Gasteiger partial charge on any atom is -0.484 e. The second kappa shape index (κ2) is 9.00. The molecule has 0 spiro atoms. The fourth-order valence-electron chi connectivity index (χ4n) is 2.88. The van der Waals surface area contributed by atoms with Crippen LogP contribution in [-0.4, -0.2) is 27.6 Å². The van der Waals surface area contributed by atoms with Gasteiger partial charge in [0.25, 0.3) is 11.8 Å². The molecule has 0 radical (unpaired) electrons. The normalized spacial score (nSPS) is 11.6. The maximum absolute atomic E-state index is 12.1. The number of carbonyl (C=O) groups is 1. The lowest BCUT2D eigenvalue weighted by atomic mass is 10.2. The maximum atomic E-state index is 12.1. The third-order valence-corrected chi connectivity index (χ3v) is 4.44. The second-order valence-electron chi connectivity index (χ2n) is 6.65. The van der Waals surface area contributed by atoms with E-state index in [0.717, 1.165) is 16.8 Å². The van der Waals surface area contributed by atoms with Gasteiger partial charge in [0.05, 0.1) is 11.7 Å². The number of hydrogen-bond donors (Lipinski definition) is 1. The lowest BCUT2D eigenvalue weighted by Gasteiger charge is -2.13. The Kier molecular flexibility index (Phi) is 5.80. The number of rotatable bonds is 7.